The van der Waals surface area contributed by atoms with Crippen LogP contribution in [0.15, 0.2) is 65.8 Å². The molecule has 1 aliphatic rings. The number of methoxy groups -OCH3 is 1. The molecule has 0 aliphatic carbocycles. The van der Waals surface area contributed by atoms with Crippen molar-refractivity contribution in [2.45, 2.75) is 17.4 Å². The molecule has 2 N–H and O–H groups in total. The van der Waals surface area contributed by atoms with Crippen LogP contribution in [0.4, 0.5) is 10.1 Å². The van der Waals surface area contributed by atoms with Gasteiger partial charge in [-0.2, -0.15) is 0 Å². The number of hydrogen-bond donors (Lipinski definition) is 2. The number of halogens is 1. The number of rotatable bonds is 1. The number of aromatic nitrogens is 2. The first kappa shape index (κ1) is 21.8. The first-order valence-electron chi connectivity index (χ1n) is 10.2. The van der Waals surface area contributed by atoms with Gasteiger partial charge in [0.2, 0.25) is 5.88 Å². The van der Waals surface area contributed by atoms with E-state index >= 15 is 0 Å². The van der Waals surface area contributed by atoms with E-state index < -0.39 is 21.4 Å². The molecule has 2 aromatic carbocycles. The van der Waals surface area contributed by atoms with Crippen LogP contribution in [-0.4, -0.2) is 30.6 Å². The average Bonchev–Trinajstić information content (AvgIpc) is 2.81. The summed E-state index contributed by atoms with van der Waals surface area (Å²) in [6.45, 7) is 1.31. The minimum atomic E-state index is -4.19. The summed E-state index contributed by atoms with van der Waals surface area (Å²) in [4.78, 5) is 8.36. The molecule has 0 radical (unpaired) electrons. The summed E-state index contributed by atoms with van der Waals surface area (Å²) in [5.74, 6) is 4.88. The van der Waals surface area contributed by atoms with Gasteiger partial charge < -0.3 is 9.84 Å². The van der Waals surface area contributed by atoms with Gasteiger partial charge in [-0.15, -0.1) is 0 Å². The van der Waals surface area contributed by atoms with Gasteiger partial charge in [-0.25, -0.2) is 17.8 Å². The molecule has 9 heteroatoms. The predicted molar refractivity (Wildman–Crippen MR) is 125 cm³/mol. The van der Waals surface area contributed by atoms with Gasteiger partial charge in [0.05, 0.1) is 17.5 Å². The van der Waals surface area contributed by atoms with Crippen molar-refractivity contribution in [3.05, 3.63) is 77.9 Å². The van der Waals surface area contributed by atoms with Crippen molar-refractivity contribution in [1.82, 2.24) is 9.97 Å². The van der Waals surface area contributed by atoms with E-state index in [4.69, 9.17) is 4.74 Å². The van der Waals surface area contributed by atoms with Crippen LogP contribution in [0.1, 0.15) is 18.1 Å². The topological polar surface area (TPSA) is 101 Å². The number of sulfonamides is 1. The normalized spacial score (nSPS) is 18.2. The Bertz CT molecular complexity index is 1640. The Balaban J connectivity index is 1.86. The standard InChI is InChI=1S/C25H18FN3O4S/c1-25(30)9-7-15-8-10-27-22-6-3-16(11-19(15)22)17-12-23(24(33-2)28-14-17)29-34(31,32)18-4-5-21(26)20(25)13-18/h3-6,8,10-14,29-30H,1-2H3. The lowest BCUT2D eigenvalue weighted by molar-refractivity contribution is 0.117. The fraction of sp³-hybridized carbons (Fsp3) is 0.120. The van der Waals surface area contributed by atoms with Crippen molar-refractivity contribution in [3.63, 3.8) is 0 Å². The van der Waals surface area contributed by atoms with Crippen LogP contribution in [0.2, 0.25) is 0 Å². The van der Waals surface area contributed by atoms with Gasteiger partial charge >= 0.3 is 0 Å². The first-order chi connectivity index (χ1) is 16.2. The zero-order valence-electron chi connectivity index (χ0n) is 18.1. The number of aliphatic hydroxyl groups is 1. The molecule has 0 amide bonds. The maximum absolute atomic E-state index is 14.7. The minimum absolute atomic E-state index is 0.0671. The molecule has 1 aliphatic heterocycles. The van der Waals surface area contributed by atoms with E-state index in [9.17, 15) is 17.9 Å². The Labute approximate surface area is 195 Å². The number of hydrogen-bond acceptors (Lipinski definition) is 6. The van der Waals surface area contributed by atoms with Crippen LogP contribution in [0.5, 0.6) is 5.88 Å². The lowest BCUT2D eigenvalue weighted by atomic mass is 9.95. The van der Waals surface area contributed by atoms with Gasteiger partial charge in [0.15, 0.2) is 5.60 Å². The third-order valence-electron chi connectivity index (χ3n) is 5.58. The molecule has 2 aromatic heterocycles. The number of ether oxygens (including phenoxy) is 1. The molecule has 0 saturated carbocycles. The van der Waals surface area contributed by atoms with Crippen molar-refractivity contribution in [2.75, 3.05) is 11.8 Å². The molecule has 0 saturated heterocycles. The number of anilines is 1. The number of nitrogens with one attached hydrogen (secondary N) is 1. The van der Waals surface area contributed by atoms with Gasteiger partial charge in [0.1, 0.15) is 11.5 Å². The largest absolute Gasteiger partial charge is 0.480 e. The molecule has 4 aromatic rings. The van der Waals surface area contributed by atoms with E-state index in [1.54, 1.807) is 24.5 Å². The van der Waals surface area contributed by atoms with Gasteiger partial charge in [0, 0.05) is 34.5 Å². The summed E-state index contributed by atoms with van der Waals surface area (Å²) in [7, 11) is -2.81. The minimum Gasteiger partial charge on any atom is -0.480 e. The second-order valence-electron chi connectivity index (χ2n) is 7.94. The molecular weight excluding hydrogens is 457 g/mol. The summed E-state index contributed by atoms with van der Waals surface area (Å²) in [6, 6.07) is 12.0. The van der Waals surface area contributed by atoms with Crippen molar-refractivity contribution < 1.29 is 22.7 Å². The number of benzene rings is 2. The second kappa shape index (κ2) is 7.80. The van der Waals surface area contributed by atoms with Gasteiger partial charge in [0.25, 0.3) is 10.0 Å². The highest BCUT2D eigenvalue weighted by Gasteiger charge is 2.28. The van der Waals surface area contributed by atoms with E-state index in [1.807, 2.05) is 18.2 Å². The molecular formula is C25H18FN3O4S. The van der Waals surface area contributed by atoms with Crippen LogP contribution < -0.4 is 9.46 Å². The van der Waals surface area contributed by atoms with Crippen LogP contribution in [0.25, 0.3) is 22.0 Å². The van der Waals surface area contributed by atoms with Crippen LogP contribution in [-0.2, 0) is 15.6 Å². The molecule has 5 rings (SSSR count). The van der Waals surface area contributed by atoms with Gasteiger partial charge in [-0.3, -0.25) is 9.71 Å². The van der Waals surface area contributed by atoms with E-state index in [0.29, 0.717) is 22.0 Å². The lowest BCUT2D eigenvalue weighted by Gasteiger charge is -2.19. The molecule has 6 bridgehead atoms. The average molecular weight is 476 g/mol. The van der Waals surface area contributed by atoms with Crippen molar-refractivity contribution in [1.29, 1.82) is 0 Å². The Morgan fingerprint density at radius 3 is 2.71 bits per heavy atom. The molecule has 170 valence electrons. The van der Waals surface area contributed by atoms with Crippen molar-refractivity contribution >= 4 is 26.6 Å². The van der Waals surface area contributed by atoms with Crippen LogP contribution in [0, 0.1) is 17.7 Å². The van der Waals surface area contributed by atoms with Crippen molar-refractivity contribution in [3.8, 4) is 28.8 Å². The SMILES string of the molecule is COc1ncc2cc1NS(=O)(=O)c1ccc(F)c(c1)C(C)(O)C#Cc1ccnc3ccc-2cc13. The summed E-state index contributed by atoms with van der Waals surface area (Å²) < 4.78 is 48.7. The summed E-state index contributed by atoms with van der Waals surface area (Å²) in [5.41, 5.74) is 0.490. The van der Waals surface area contributed by atoms with Gasteiger partial charge in [-0.1, -0.05) is 17.9 Å². The Morgan fingerprint density at radius 1 is 1.09 bits per heavy atom. The number of nitrogens with zero attached hydrogens (tertiary/aromatic N) is 2. The van der Waals surface area contributed by atoms with Crippen molar-refractivity contribution in [2.24, 2.45) is 0 Å². The first-order valence-corrected chi connectivity index (χ1v) is 11.7. The smallest absolute Gasteiger partial charge is 0.262 e. The van der Waals surface area contributed by atoms with Gasteiger partial charge in [-0.05, 0) is 55.0 Å². The molecule has 0 spiro atoms. The molecule has 3 heterocycles. The van der Waals surface area contributed by atoms with E-state index in [0.717, 1.165) is 23.8 Å². The lowest BCUT2D eigenvalue weighted by Crippen LogP contribution is -2.22. The van der Waals surface area contributed by atoms with E-state index in [1.165, 1.54) is 14.0 Å². The maximum Gasteiger partial charge on any atom is 0.262 e. The molecule has 0 fully saturated rings. The quantitative estimate of drug-likeness (QED) is 0.406. The summed E-state index contributed by atoms with van der Waals surface area (Å²) in [5, 5.41) is 11.7. The zero-order chi connectivity index (χ0) is 24.1. The van der Waals surface area contributed by atoms with E-state index in [-0.39, 0.29) is 22.0 Å². The predicted octanol–water partition coefficient (Wildman–Crippen LogP) is 3.82. The third kappa shape index (κ3) is 3.73. The Kier molecular flexibility index (Phi) is 5.01. The monoisotopic (exact) mass is 475 g/mol. The number of pyridine rings is 2. The fourth-order valence-corrected chi connectivity index (χ4v) is 4.86. The fourth-order valence-electron chi connectivity index (χ4n) is 3.79. The number of fused-ring (bicyclic) bond motifs is 6. The molecule has 1 atom stereocenters. The third-order valence-corrected chi connectivity index (χ3v) is 6.94. The Morgan fingerprint density at radius 2 is 1.91 bits per heavy atom. The second-order valence-corrected chi connectivity index (χ2v) is 9.62. The summed E-state index contributed by atoms with van der Waals surface area (Å²) >= 11 is 0. The highest BCUT2D eigenvalue weighted by molar-refractivity contribution is 7.92. The van der Waals surface area contributed by atoms with Crippen LogP contribution in [0.3, 0.4) is 0 Å². The summed E-state index contributed by atoms with van der Waals surface area (Å²) in [6.07, 6.45) is 3.16. The van der Waals surface area contributed by atoms with Crippen LogP contribution >= 0.6 is 0 Å². The molecule has 34 heavy (non-hydrogen) atoms. The zero-order valence-corrected chi connectivity index (χ0v) is 18.9. The highest BCUT2D eigenvalue weighted by atomic mass is 32.2. The Hall–Kier alpha value is -4.00. The molecule has 7 nitrogen and oxygen atoms in total. The molecule has 1 unspecified atom stereocenters. The highest BCUT2D eigenvalue weighted by Crippen LogP contribution is 2.33. The van der Waals surface area contributed by atoms with E-state index in [2.05, 4.69) is 26.5 Å². The maximum atomic E-state index is 14.7.